The molecule has 1 aromatic carbocycles. The fraction of sp³-hybridized carbons (Fsp3) is 0.412. The Morgan fingerprint density at radius 1 is 1.46 bits per heavy atom. The van der Waals surface area contributed by atoms with Crippen molar-refractivity contribution in [3.63, 3.8) is 0 Å². The topological polar surface area (TPSA) is 97.5 Å². The van der Waals surface area contributed by atoms with Gasteiger partial charge in [0.15, 0.2) is 5.13 Å². The Kier molecular flexibility index (Phi) is 3.90. The van der Waals surface area contributed by atoms with Crippen LogP contribution in [0.2, 0.25) is 0 Å². The van der Waals surface area contributed by atoms with E-state index < -0.39 is 0 Å². The number of carbonyl (C=O) groups is 1. The van der Waals surface area contributed by atoms with Crippen molar-refractivity contribution < 1.29 is 14.6 Å². The first-order valence-corrected chi connectivity index (χ1v) is 8.93. The molecule has 1 aliphatic heterocycles. The Balaban J connectivity index is 1.58. The first-order valence-electron chi connectivity index (χ1n) is 8.05. The molecule has 2 aliphatic rings. The van der Waals surface area contributed by atoms with Crippen LogP contribution < -0.4 is 15.8 Å². The van der Waals surface area contributed by atoms with E-state index in [1.54, 1.807) is 5.38 Å². The Labute approximate surface area is 143 Å². The lowest BCUT2D eigenvalue weighted by Gasteiger charge is -2.38. The molecule has 0 unspecified atom stereocenters. The van der Waals surface area contributed by atoms with E-state index in [9.17, 15) is 9.90 Å². The van der Waals surface area contributed by atoms with Gasteiger partial charge in [-0.15, -0.1) is 11.3 Å². The van der Waals surface area contributed by atoms with Gasteiger partial charge in [0, 0.05) is 11.8 Å². The number of benzene rings is 1. The lowest BCUT2D eigenvalue weighted by atomic mass is 9.75. The summed E-state index contributed by atoms with van der Waals surface area (Å²) in [7, 11) is 0. The van der Waals surface area contributed by atoms with E-state index in [0.29, 0.717) is 30.3 Å². The average Bonchev–Trinajstić information content (AvgIpc) is 3.17. The number of nitrogens with two attached hydrogens (primary N) is 1. The summed E-state index contributed by atoms with van der Waals surface area (Å²) in [6.45, 7) is 0.704. The predicted molar refractivity (Wildman–Crippen MR) is 91.1 cm³/mol. The molecule has 2 aromatic rings. The van der Waals surface area contributed by atoms with Crippen LogP contribution in [0, 0.1) is 5.92 Å². The quantitative estimate of drug-likeness (QED) is 0.786. The van der Waals surface area contributed by atoms with Gasteiger partial charge >= 0.3 is 0 Å². The highest BCUT2D eigenvalue weighted by atomic mass is 32.1. The maximum atomic E-state index is 12.5. The number of aliphatic hydroxyl groups excluding tert-OH is 1. The molecule has 126 valence electrons. The van der Waals surface area contributed by atoms with Gasteiger partial charge in [-0.3, -0.25) is 4.79 Å². The Morgan fingerprint density at radius 3 is 3.00 bits per heavy atom. The molecule has 24 heavy (non-hydrogen) atoms. The van der Waals surface area contributed by atoms with Gasteiger partial charge in [0.2, 0.25) is 0 Å². The molecule has 0 saturated heterocycles. The number of anilines is 1. The van der Waals surface area contributed by atoms with E-state index in [2.05, 4.69) is 16.4 Å². The van der Waals surface area contributed by atoms with Crippen LogP contribution in [0.15, 0.2) is 23.6 Å². The predicted octanol–water partition coefficient (Wildman–Crippen LogP) is 1.90. The average molecular weight is 345 g/mol. The zero-order valence-electron chi connectivity index (χ0n) is 13.1. The van der Waals surface area contributed by atoms with Crippen molar-refractivity contribution in [3.05, 3.63) is 40.4 Å². The highest BCUT2D eigenvalue weighted by Gasteiger charge is 2.36. The minimum absolute atomic E-state index is 0.144. The van der Waals surface area contributed by atoms with Crippen LogP contribution in [0.1, 0.15) is 40.5 Å². The SMILES string of the molecule is Nc1nc(C(=O)N[C@@H](c2ccc3c(c2)CCO3)C2CC(O)C2)cs1. The van der Waals surface area contributed by atoms with Gasteiger partial charge in [-0.2, -0.15) is 0 Å². The van der Waals surface area contributed by atoms with Crippen LogP contribution >= 0.6 is 11.3 Å². The van der Waals surface area contributed by atoms with E-state index >= 15 is 0 Å². The minimum atomic E-state index is -0.276. The van der Waals surface area contributed by atoms with Gasteiger partial charge in [-0.1, -0.05) is 6.07 Å². The number of hydrogen-bond donors (Lipinski definition) is 3. The number of carbonyl (C=O) groups excluding carboxylic acids is 1. The molecule has 1 fully saturated rings. The van der Waals surface area contributed by atoms with Gasteiger partial charge in [0.25, 0.3) is 5.91 Å². The van der Waals surface area contributed by atoms with Crippen LogP contribution in [0.3, 0.4) is 0 Å². The number of thiazole rings is 1. The highest BCUT2D eigenvalue weighted by Crippen LogP contribution is 2.40. The molecular weight excluding hydrogens is 326 g/mol. The van der Waals surface area contributed by atoms with Crippen LogP contribution in [0.25, 0.3) is 0 Å². The number of aromatic nitrogens is 1. The first kappa shape index (κ1) is 15.4. The number of hydrogen-bond acceptors (Lipinski definition) is 6. The molecule has 0 radical (unpaired) electrons. The number of amides is 1. The number of nitrogens with zero attached hydrogens (tertiary/aromatic N) is 1. The monoisotopic (exact) mass is 345 g/mol. The largest absolute Gasteiger partial charge is 0.493 e. The third kappa shape index (κ3) is 2.85. The fourth-order valence-corrected chi connectivity index (χ4v) is 3.93. The number of ether oxygens (including phenoxy) is 1. The maximum absolute atomic E-state index is 12.5. The summed E-state index contributed by atoms with van der Waals surface area (Å²) in [6.07, 6.45) is 2.00. The van der Waals surface area contributed by atoms with Crippen molar-refractivity contribution in [2.75, 3.05) is 12.3 Å². The molecule has 1 amide bonds. The lowest BCUT2D eigenvalue weighted by Crippen LogP contribution is -2.41. The summed E-state index contributed by atoms with van der Waals surface area (Å²) in [5.74, 6) is 0.913. The standard InChI is InChI=1S/C17H19N3O3S/c18-17-19-13(8-24-17)16(22)20-15(11-6-12(21)7-11)10-1-2-14-9(5-10)3-4-23-14/h1-2,5,8,11-12,15,21H,3-4,6-7H2,(H2,18,19)(H,20,22)/t11?,12?,15-/m0/s1. The Bertz CT molecular complexity index is 770. The highest BCUT2D eigenvalue weighted by molar-refractivity contribution is 7.13. The van der Waals surface area contributed by atoms with Gasteiger partial charge in [0.05, 0.1) is 18.8 Å². The van der Waals surface area contributed by atoms with E-state index in [1.165, 1.54) is 16.9 Å². The number of nitrogens with one attached hydrogen (secondary N) is 1. The van der Waals surface area contributed by atoms with Gasteiger partial charge < -0.3 is 20.9 Å². The summed E-state index contributed by atoms with van der Waals surface area (Å²) in [4.78, 5) is 16.5. The molecular formula is C17H19N3O3S. The molecule has 4 N–H and O–H groups in total. The fourth-order valence-electron chi connectivity index (χ4n) is 3.38. The zero-order chi connectivity index (χ0) is 16.7. The van der Waals surface area contributed by atoms with Crippen molar-refractivity contribution >= 4 is 22.4 Å². The third-order valence-electron chi connectivity index (χ3n) is 4.73. The first-order chi connectivity index (χ1) is 11.6. The normalized spacial score (nSPS) is 23.0. The second-order valence-electron chi connectivity index (χ2n) is 6.37. The summed E-state index contributed by atoms with van der Waals surface area (Å²) in [6, 6.07) is 5.92. The molecule has 2 heterocycles. The van der Waals surface area contributed by atoms with E-state index in [1.807, 2.05) is 12.1 Å². The Hall–Kier alpha value is -2.12. The van der Waals surface area contributed by atoms with E-state index in [4.69, 9.17) is 10.5 Å². The lowest BCUT2D eigenvalue weighted by molar-refractivity contribution is 0.0234. The van der Waals surface area contributed by atoms with E-state index in [0.717, 1.165) is 17.7 Å². The van der Waals surface area contributed by atoms with Crippen molar-refractivity contribution in [1.29, 1.82) is 0 Å². The molecule has 1 aliphatic carbocycles. The number of nitrogen functional groups attached to an aromatic ring is 1. The number of rotatable bonds is 4. The minimum Gasteiger partial charge on any atom is -0.493 e. The van der Waals surface area contributed by atoms with Gasteiger partial charge in [0.1, 0.15) is 11.4 Å². The smallest absolute Gasteiger partial charge is 0.271 e. The second kappa shape index (κ2) is 6.07. The van der Waals surface area contributed by atoms with Crippen molar-refractivity contribution in [2.24, 2.45) is 5.92 Å². The molecule has 1 atom stereocenters. The van der Waals surface area contributed by atoms with Gasteiger partial charge in [-0.25, -0.2) is 4.98 Å². The van der Waals surface area contributed by atoms with Crippen molar-refractivity contribution in [2.45, 2.75) is 31.4 Å². The summed E-state index contributed by atoms with van der Waals surface area (Å²) in [5, 5.41) is 14.8. The molecule has 4 rings (SSSR count). The van der Waals surface area contributed by atoms with Crippen LogP contribution in [0.5, 0.6) is 5.75 Å². The molecule has 1 aromatic heterocycles. The second-order valence-corrected chi connectivity index (χ2v) is 7.26. The molecule has 0 spiro atoms. The molecule has 1 saturated carbocycles. The maximum Gasteiger partial charge on any atom is 0.271 e. The van der Waals surface area contributed by atoms with Crippen LogP contribution in [-0.2, 0) is 6.42 Å². The van der Waals surface area contributed by atoms with Crippen LogP contribution in [0.4, 0.5) is 5.13 Å². The van der Waals surface area contributed by atoms with Crippen LogP contribution in [-0.4, -0.2) is 28.7 Å². The van der Waals surface area contributed by atoms with Crippen molar-refractivity contribution in [3.8, 4) is 5.75 Å². The summed E-state index contributed by atoms with van der Waals surface area (Å²) in [5.41, 5.74) is 8.17. The molecule has 6 nitrogen and oxygen atoms in total. The summed E-state index contributed by atoms with van der Waals surface area (Å²) < 4.78 is 5.55. The van der Waals surface area contributed by atoms with E-state index in [-0.39, 0.29) is 24.0 Å². The van der Waals surface area contributed by atoms with Crippen molar-refractivity contribution in [1.82, 2.24) is 10.3 Å². The molecule has 7 heteroatoms. The van der Waals surface area contributed by atoms with Gasteiger partial charge in [-0.05, 0) is 42.0 Å². The Morgan fingerprint density at radius 2 is 2.29 bits per heavy atom. The molecule has 0 bridgehead atoms. The zero-order valence-corrected chi connectivity index (χ0v) is 13.9. The number of aliphatic hydroxyl groups is 1. The third-order valence-corrected chi connectivity index (χ3v) is 5.41. The summed E-state index contributed by atoms with van der Waals surface area (Å²) >= 11 is 1.25. The number of fused-ring (bicyclic) bond motifs is 1.